The van der Waals surface area contributed by atoms with Crippen LogP contribution >= 0.6 is 0 Å². The highest BCUT2D eigenvalue weighted by Crippen LogP contribution is 2.26. The zero-order valence-corrected chi connectivity index (χ0v) is 11.3. The zero-order valence-electron chi connectivity index (χ0n) is 9.90. The van der Waals surface area contributed by atoms with E-state index >= 15 is 0 Å². The quantitative estimate of drug-likeness (QED) is 0.689. The van der Waals surface area contributed by atoms with Gasteiger partial charge in [0.25, 0.3) is 0 Å². The van der Waals surface area contributed by atoms with Crippen LogP contribution in [0.25, 0.3) is 0 Å². The van der Waals surface area contributed by atoms with E-state index in [1.165, 1.54) is 22.3 Å². The van der Waals surface area contributed by atoms with Crippen LogP contribution in [0.5, 0.6) is 0 Å². The van der Waals surface area contributed by atoms with Gasteiger partial charge in [0.05, 0.1) is 0 Å². The summed E-state index contributed by atoms with van der Waals surface area (Å²) in [6.45, 7) is 4.38. The van der Waals surface area contributed by atoms with Crippen LogP contribution in [0, 0.1) is 13.8 Å². The second kappa shape index (κ2) is 4.66. The van der Waals surface area contributed by atoms with Gasteiger partial charge in [0.2, 0.25) is 0 Å². The summed E-state index contributed by atoms with van der Waals surface area (Å²) in [6.07, 6.45) is 0. The second-order valence-electron chi connectivity index (χ2n) is 4.27. The molecule has 0 fully saturated rings. The Morgan fingerprint density at radius 3 is 1.50 bits per heavy atom. The molecule has 0 spiro atoms. The van der Waals surface area contributed by atoms with E-state index in [1.54, 1.807) is 0 Å². The van der Waals surface area contributed by atoms with Crippen LogP contribution in [-0.4, -0.2) is 10.2 Å². The molecule has 16 heavy (non-hydrogen) atoms. The highest BCUT2D eigenvalue weighted by Gasteiger charge is 2.11. The van der Waals surface area contributed by atoms with Gasteiger partial charge in [-0.2, -0.15) is 0 Å². The molecule has 0 saturated heterocycles. The van der Waals surface area contributed by atoms with Crippen molar-refractivity contribution < 1.29 is 0 Å². The summed E-state index contributed by atoms with van der Waals surface area (Å²) in [5, 5.41) is 0. The minimum absolute atomic E-state index is 0.502. The van der Waals surface area contributed by atoms with E-state index in [-0.39, 0.29) is 0 Å². The second-order valence-corrected chi connectivity index (χ2v) is 5.08. The van der Waals surface area contributed by atoms with Gasteiger partial charge in [0.15, 0.2) is 0 Å². The Balaban J connectivity index is 2.44. The van der Waals surface area contributed by atoms with E-state index in [2.05, 4.69) is 72.6 Å². The summed E-state index contributed by atoms with van der Waals surface area (Å²) < 4.78 is 0. The fraction of sp³-hybridized carbons (Fsp3) is 0.200. The molecule has 0 heterocycles. The lowest BCUT2D eigenvalue weighted by atomic mass is 9.97. The van der Waals surface area contributed by atoms with E-state index in [0.29, 0.717) is 5.54 Å². The molecule has 0 aliphatic carbocycles. The minimum atomic E-state index is 0.502. The molecule has 0 aliphatic rings. The van der Waals surface area contributed by atoms with E-state index in [0.717, 1.165) is 0 Å². The molecule has 1 radical (unpaired) electrons. The molecule has 81 valence electrons. The van der Waals surface area contributed by atoms with Crippen molar-refractivity contribution in [3.05, 3.63) is 70.8 Å². The van der Waals surface area contributed by atoms with Crippen LogP contribution in [0.15, 0.2) is 48.5 Å². The average Bonchev–Trinajstić information content (AvgIpc) is 2.29. The molecule has 2 aromatic carbocycles. The predicted octanol–water partition coefficient (Wildman–Crippen LogP) is 3.03. The van der Waals surface area contributed by atoms with E-state index in [1.807, 2.05) is 0 Å². The van der Waals surface area contributed by atoms with Crippen molar-refractivity contribution in [2.24, 2.45) is 0 Å². The molecule has 0 unspecified atom stereocenters. The van der Waals surface area contributed by atoms with Crippen molar-refractivity contribution in [2.75, 3.05) is 0 Å². The molecular weight excluding hydrogens is 208 g/mol. The van der Waals surface area contributed by atoms with Crippen LogP contribution in [0.2, 0.25) is 0 Å². The summed E-state index contributed by atoms with van der Waals surface area (Å²) in [4.78, 5) is 0. The Hall–Kier alpha value is -1.34. The van der Waals surface area contributed by atoms with Gasteiger partial charge in [-0.25, -0.2) is 0 Å². The van der Waals surface area contributed by atoms with Gasteiger partial charge in [-0.1, -0.05) is 48.5 Å². The lowest BCUT2D eigenvalue weighted by molar-refractivity contribution is 1.09. The molecule has 0 aromatic heterocycles. The van der Waals surface area contributed by atoms with Crippen LogP contribution in [0.3, 0.4) is 0 Å². The van der Waals surface area contributed by atoms with E-state index in [9.17, 15) is 0 Å². The van der Waals surface area contributed by atoms with Crippen molar-refractivity contribution in [1.29, 1.82) is 0 Å². The van der Waals surface area contributed by atoms with E-state index < -0.39 is 0 Å². The standard InChI is InChI=1S/C15H17Si/c1-11-7-3-5-9-13(11)15(16)14-10-6-4-8-12(14)2/h3-10,15H,16H2,1-2H3. The third kappa shape index (κ3) is 2.09. The van der Waals surface area contributed by atoms with Crippen molar-refractivity contribution in [2.45, 2.75) is 19.4 Å². The van der Waals surface area contributed by atoms with Gasteiger partial charge in [-0.05, 0) is 41.6 Å². The van der Waals surface area contributed by atoms with Crippen molar-refractivity contribution in [3.63, 3.8) is 0 Å². The highest BCUT2D eigenvalue weighted by atomic mass is 28.1. The fourth-order valence-corrected chi connectivity index (χ4v) is 3.04. The summed E-state index contributed by atoms with van der Waals surface area (Å²) in [5.41, 5.74) is 6.14. The first-order chi connectivity index (χ1) is 7.70. The summed E-state index contributed by atoms with van der Waals surface area (Å²) >= 11 is 0. The SMILES string of the molecule is Cc1ccccc1C([SiH2])c1ccccc1C. The van der Waals surface area contributed by atoms with Gasteiger partial charge < -0.3 is 0 Å². The van der Waals surface area contributed by atoms with Crippen LogP contribution in [0.1, 0.15) is 27.8 Å². The van der Waals surface area contributed by atoms with Gasteiger partial charge in [-0.15, -0.1) is 0 Å². The molecule has 0 nitrogen and oxygen atoms in total. The summed E-state index contributed by atoms with van der Waals surface area (Å²) in [5.74, 6) is 0. The average molecular weight is 225 g/mol. The third-order valence-electron chi connectivity index (χ3n) is 3.13. The van der Waals surface area contributed by atoms with Gasteiger partial charge >= 0.3 is 0 Å². The number of hydrogen-bond acceptors (Lipinski definition) is 0. The number of aryl methyl sites for hydroxylation is 2. The molecule has 2 aromatic rings. The zero-order chi connectivity index (χ0) is 11.5. The van der Waals surface area contributed by atoms with Crippen LogP contribution in [-0.2, 0) is 0 Å². The predicted molar refractivity (Wildman–Crippen MR) is 72.7 cm³/mol. The molecule has 0 aliphatic heterocycles. The Kier molecular flexibility index (Phi) is 3.25. The minimum Gasteiger partial charge on any atom is -0.0620 e. The molecule has 1 heteroatoms. The van der Waals surface area contributed by atoms with Gasteiger partial charge in [-0.3, -0.25) is 0 Å². The van der Waals surface area contributed by atoms with Crippen LogP contribution in [0.4, 0.5) is 0 Å². The molecule has 0 amide bonds. The largest absolute Gasteiger partial charge is 0.0620 e. The normalized spacial score (nSPS) is 10.8. The first-order valence-electron chi connectivity index (χ1n) is 5.64. The Morgan fingerprint density at radius 1 is 0.750 bits per heavy atom. The smallest absolute Gasteiger partial charge is 0.0239 e. The highest BCUT2D eigenvalue weighted by molar-refractivity contribution is 6.14. The Morgan fingerprint density at radius 2 is 1.12 bits per heavy atom. The number of hydrogen-bond donors (Lipinski definition) is 0. The maximum atomic E-state index is 2.24. The van der Waals surface area contributed by atoms with Crippen LogP contribution < -0.4 is 0 Å². The van der Waals surface area contributed by atoms with Crippen molar-refractivity contribution in [3.8, 4) is 0 Å². The lowest BCUT2D eigenvalue weighted by Gasteiger charge is -2.17. The third-order valence-corrected chi connectivity index (χ3v) is 4.01. The Bertz CT molecular complexity index is 443. The van der Waals surface area contributed by atoms with E-state index in [4.69, 9.17) is 0 Å². The maximum Gasteiger partial charge on any atom is 0.0239 e. The van der Waals surface area contributed by atoms with Gasteiger partial charge in [0, 0.05) is 10.2 Å². The molecule has 0 N–H and O–H groups in total. The fourth-order valence-electron chi connectivity index (χ4n) is 2.12. The molecule has 0 bridgehead atoms. The topological polar surface area (TPSA) is 0 Å². The first kappa shape index (κ1) is 11.2. The first-order valence-corrected chi connectivity index (χ1v) is 6.46. The monoisotopic (exact) mass is 225 g/mol. The number of rotatable bonds is 2. The van der Waals surface area contributed by atoms with Crippen molar-refractivity contribution in [1.82, 2.24) is 0 Å². The summed E-state index contributed by atoms with van der Waals surface area (Å²) in [6, 6.07) is 17.3. The lowest BCUT2D eigenvalue weighted by Crippen LogP contribution is -2.04. The maximum absolute atomic E-state index is 2.24. The molecular formula is C15H17Si. The Labute approximate surface area is 101 Å². The number of benzene rings is 2. The summed E-state index contributed by atoms with van der Waals surface area (Å²) in [7, 11) is 2.06. The molecule has 0 saturated carbocycles. The van der Waals surface area contributed by atoms with Gasteiger partial charge in [0.1, 0.15) is 0 Å². The van der Waals surface area contributed by atoms with Crippen molar-refractivity contribution >= 4 is 10.2 Å². The molecule has 0 atom stereocenters. The molecule has 2 rings (SSSR count).